The Kier molecular flexibility index (Phi) is 6.59. The fraction of sp³-hybridized carbons (Fsp3) is 0.667. The molecule has 26 heavy (non-hydrogen) atoms. The third kappa shape index (κ3) is 4.77. The van der Waals surface area contributed by atoms with E-state index in [0.29, 0.717) is 26.2 Å². The number of rotatable bonds is 5. The summed E-state index contributed by atoms with van der Waals surface area (Å²) in [5, 5.41) is 0.796. The van der Waals surface area contributed by atoms with Gasteiger partial charge < -0.3 is 9.64 Å². The summed E-state index contributed by atoms with van der Waals surface area (Å²) >= 11 is 6.21. The minimum Gasteiger partial charge on any atom is -0.373 e. The molecule has 1 aromatic carbocycles. The molecule has 2 unspecified atom stereocenters. The first-order chi connectivity index (χ1) is 12.4. The van der Waals surface area contributed by atoms with E-state index in [0.717, 1.165) is 36.6 Å². The number of halogens is 1. The predicted molar refractivity (Wildman–Crippen MR) is 104 cm³/mol. The van der Waals surface area contributed by atoms with Crippen molar-refractivity contribution in [1.82, 2.24) is 13.5 Å². The SMILES string of the molecule is CC1CN(S(=O)(=O)N2CCN(CCc3ccccc3Cl)CC2)CC(C)O1. The Labute approximate surface area is 161 Å². The number of hydrogen-bond donors (Lipinski definition) is 0. The Bertz CT molecular complexity index is 697. The lowest BCUT2D eigenvalue weighted by Gasteiger charge is -2.40. The normalized spacial score (nSPS) is 26.9. The van der Waals surface area contributed by atoms with Gasteiger partial charge in [0.05, 0.1) is 12.2 Å². The molecule has 0 radical (unpaired) electrons. The molecule has 8 heteroatoms. The highest BCUT2D eigenvalue weighted by Crippen LogP contribution is 2.20. The fourth-order valence-corrected chi connectivity index (χ4v) is 5.62. The first-order valence-corrected chi connectivity index (χ1v) is 11.0. The van der Waals surface area contributed by atoms with Gasteiger partial charge in [-0.25, -0.2) is 0 Å². The number of morpholine rings is 1. The summed E-state index contributed by atoms with van der Waals surface area (Å²) < 4.78 is 34.7. The van der Waals surface area contributed by atoms with E-state index in [1.807, 2.05) is 38.1 Å². The number of nitrogens with zero attached hydrogens (tertiary/aromatic N) is 3. The van der Waals surface area contributed by atoms with Gasteiger partial charge in [-0.2, -0.15) is 17.0 Å². The van der Waals surface area contributed by atoms with E-state index in [2.05, 4.69) is 4.90 Å². The van der Waals surface area contributed by atoms with E-state index >= 15 is 0 Å². The fourth-order valence-electron chi connectivity index (χ4n) is 3.65. The first-order valence-electron chi connectivity index (χ1n) is 9.22. The van der Waals surface area contributed by atoms with Crippen molar-refractivity contribution < 1.29 is 13.2 Å². The summed E-state index contributed by atoms with van der Waals surface area (Å²) in [5.74, 6) is 0. The standard InChI is InChI=1S/C18H28ClN3O3S/c1-15-13-22(14-16(2)25-15)26(23,24)21-11-9-20(10-12-21)8-7-17-5-3-4-6-18(17)19/h3-6,15-16H,7-14H2,1-2H3. The first kappa shape index (κ1) is 20.0. The highest BCUT2D eigenvalue weighted by Gasteiger charge is 2.36. The zero-order valence-corrected chi connectivity index (χ0v) is 17.0. The number of benzene rings is 1. The number of hydrogen-bond acceptors (Lipinski definition) is 4. The van der Waals surface area contributed by atoms with Gasteiger partial charge in [-0.05, 0) is 31.9 Å². The van der Waals surface area contributed by atoms with Crippen molar-refractivity contribution in [2.45, 2.75) is 32.5 Å². The molecule has 0 aliphatic carbocycles. The minimum absolute atomic E-state index is 0.0644. The molecule has 0 amide bonds. The van der Waals surface area contributed by atoms with E-state index in [4.69, 9.17) is 16.3 Å². The average molecular weight is 402 g/mol. The van der Waals surface area contributed by atoms with Crippen LogP contribution in [0.15, 0.2) is 24.3 Å². The van der Waals surface area contributed by atoms with Crippen LogP contribution in [0.25, 0.3) is 0 Å². The molecule has 2 atom stereocenters. The van der Waals surface area contributed by atoms with Gasteiger partial charge in [-0.15, -0.1) is 0 Å². The molecule has 0 spiro atoms. The van der Waals surface area contributed by atoms with Gasteiger partial charge >= 0.3 is 0 Å². The lowest BCUT2D eigenvalue weighted by atomic mass is 10.1. The molecule has 3 rings (SSSR count). The Morgan fingerprint density at radius 2 is 1.65 bits per heavy atom. The molecule has 6 nitrogen and oxygen atoms in total. The quantitative estimate of drug-likeness (QED) is 0.755. The summed E-state index contributed by atoms with van der Waals surface area (Å²) in [6, 6.07) is 7.88. The predicted octanol–water partition coefficient (Wildman–Crippen LogP) is 1.85. The second kappa shape index (κ2) is 8.54. The average Bonchev–Trinajstić information content (AvgIpc) is 2.60. The number of ether oxygens (including phenoxy) is 1. The van der Waals surface area contributed by atoms with Gasteiger partial charge in [-0.3, -0.25) is 0 Å². The van der Waals surface area contributed by atoms with Gasteiger partial charge in [-0.1, -0.05) is 29.8 Å². The summed E-state index contributed by atoms with van der Waals surface area (Å²) in [4.78, 5) is 2.31. The van der Waals surface area contributed by atoms with Crippen molar-refractivity contribution in [2.24, 2.45) is 0 Å². The van der Waals surface area contributed by atoms with Crippen LogP contribution in [0, 0.1) is 0 Å². The second-order valence-electron chi connectivity index (χ2n) is 7.16. The van der Waals surface area contributed by atoms with Gasteiger partial charge in [0.2, 0.25) is 0 Å². The summed E-state index contributed by atoms with van der Waals surface area (Å²) in [7, 11) is -3.41. The molecule has 0 bridgehead atoms. The molecule has 2 aliphatic rings. The van der Waals surface area contributed by atoms with Crippen molar-refractivity contribution >= 4 is 21.8 Å². The molecule has 0 N–H and O–H groups in total. The summed E-state index contributed by atoms with van der Waals surface area (Å²) in [5.41, 5.74) is 1.14. The Morgan fingerprint density at radius 3 is 2.27 bits per heavy atom. The van der Waals surface area contributed by atoms with Crippen LogP contribution in [-0.2, 0) is 21.4 Å². The smallest absolute Gasteiger partial charge is 0.282 e. The molecule has 2 fully saturated rings. The zero-order valence-electron chi connectivity index (χ0n) is 15.5. The monoisotopic (exact) mass is 401 g/mol. The molecule has 0 saturated carbocycles. The maximum absolute atomic E-state index is 12.9. The molecule has 146 valence electrons. The van der Waals surface area contributed by atoms with Gasteiger partial charge in [0, 0.05) is 50.8 Å². The van der Waals surface area contributed by atoms with E-state index in [9.17, 15) is 8.42 Å². The maximum atomic E-state index is 12.9. The second-order valence-corrected chi connectivity index (χ2v) is 9.50. The molecular formula is C18H28ClN3O3S. The number of piperazine rings is 1. The van der Waals surface area contributed by atoms with Crippen LogP contribution in [0.3, 0.4) is 0 Å². The highest BCUT2D eigenvalue weighted by atomic mass is 35.5. The zero-order chi connectivity index (χ0) is 18.7. The van der Waals surface area contributed by atoms with Gasteiger partial charge in [0.1, 0.15) is 0 Å². The van der Waals surface area contributed by atoms with E-state index in [-0.39, 0.29) is 12.2 Å². The molecule has 2 heterocycles. The topological polar surface area (TPSA) is 53.1 Å². The summed E-state index contributed by atoms with van der Waals surface area (Å²) in [6.45, 7) is 8.16. The van der Waals surface area contributed by atoms with Gasteiger partial charge in [0.15, 0.2) is 0 Å². The largest absolute Gasteiger partial charge is 0.373 e. The highest BCUT2D eigenvalue weighted by molar-refractivity contribution is 7.86. The van der Waals surface area contributed by atoms with Crippen LogP contribution in [0.1, 0.15) is 19.4 Å². The van der Waals surface area contributed by atoms with Crippen molar-refractivity contribution in [3.8, 4) is 0 Å². The van der Waals surface area contributed by atoms with Crippen LogP contribution in [-0.4, -0.2) is 79.9 Å². The molecule has 2 saturated heterocycles. The summed E-state index contributed by atoms with van der Waals surface area (Å²) in [6.07, 6.45) is 0.751. The van der Waals surface area contributed by atoms with Crippen molar-refractivity contribution in [3.05, 3.63) is 34.9 Å². The maximum Gasteiger partial charge on any atom is 0.282 e. The van der Waals surface area contributed by atoms with E-state index in [1.54, 1.807) is 8.61 Å². The van der Waals surface area contributed by atoms with Gasteiger partial charge in [0.25, 0.3) is 10.2 Å². The van der Waals surface area contributed by atoms with Crippen molar-refractivity contribution in [1.29, 1.82) is 0 Å². The third-order valence-corrected chi connectivity index (χ3v) is 7.36. The van der Waals surface area contributed by atoms with Crippen LogP contribution in [0.4, 0.5) is 0 Å². The molecule has 1 aromatic rings. The Balaban J connectivity index is 1.52. The van der Waals surface area contributed by atoms with Crippen molar-refractivity contribution in [2.75, 3.05) is 45.8 Å². The van der Waals surface area contributed by atoms with E-state index in [1.165, 1.54) is 0 Å². The minimum atomic E-state index is -3.41. The third-order valence-electron chi connectivity index (χ3n) is 5.03. The van der Waals surface area contributed by atoms with Crippen molar-refractivity contribution in [3.63, 3.8) is 0 Å². The Morgan fingerprint density at radius 1 is 1.04 bits per heavy atom. The molecule has 0 aromatic heterocycles. The van der Waals surface area contributed by atoms with Crippen LogP contribution < -0.4 is 0 Å². The molecular weight excluding hydrogens is 374 g/mol. The van der Waals surface area contributed by atoms with Crippen LogP contribution in [0.5, 0.6) is 0 Å². The molecule has 2 aliphatic heterocycles. The van der Waals surface area contributed by atoms with Crippen LogP contribution in [0.2, 0.25) is 5.02 Å². The lowest BCUT2D eigenvalue weighted by Crippen LogP contribution is -2.57. The van der Waals surface area contributed by atoms with E-state index < -0.39 is 10.2 Å². The lowest BCUT2D eigenvalue weighted by molar-refractivity contribution is -0.0457. The Hall–Kier alpha value is -0.700. The van der Waals surface area contributed by atoms with Crippen LogP contribution >= 0.6 is 11.6 Å².